The molecule has 1 aliphatic carbocycles. The summed E-state index contributed by atoms with van der Waals surface area (Å²) in [4.78, 5) is 40.4. The van der Waals surface area contributed by atoms with Crippen molar-refractivity contribution >= 4 is 29.1 Å². The molecule has 2 saturated heterocycles. The van der Waals surface area contributed by atoms with E-state index in [0.717, 1.165) is 40.3 Å². The second kappa shape index (κ2) is 12.3. The molecule has 46 heavy (non-hydrogen) atoms. The fourth-order valence-corrected chi connectivity index (χ4v) is 7.51. The van der Waals surface area contributed by atoms with Gasteiger partial charge in [0.25, 0.3) is 0 Å². The SMILES string of the molecule is CC(C)(C)OC(=O)N1CCC[C@H]1c1nc(C2(c3cnc([C@@H]4CCCN4C(=O)OC(C)(C)C)s3)C=CC(c3ccccc3)=CC2)no1. The Balaban J connectivity index is 1.33. The van der Waals surface area contributed by atoms with Crippen molar-refractivity contribution in [3.63, 3.8) is 0 Å². The third-order valence-corrected chi connectivity index (χ3v) is 9.71. The predicted molar refractivity (Wildman–Crippen MR) is 175 cm³/mol. The van der Waals surface area contributed by atoms with Gasteiger partial charge in [-0.15, -0.1) is 11.3 Å². The fraction of sp³-hybridized carbons (Fsp3) is 0.514. The van der Waals surface area contributed by atoms with E-state index in [9.17, 15) is 9.59 Å². The van der Waals surface area contributed by atoms with E-state index in [2.05, 4.69) is 35.5 Å². The molecule has 2 amide bonds. The molecule has 0 saturated carbocycles. The minimum atomic E-state index is -0.735. The van der Waals surface area contributed by atoms with Gasteiger partial charge in [-0.2, -0.15) is 4.98 Å². The topological polar surface area (TPSA) is 111 Å². The molecular weight excluding hydrogens is 602 g/mol. The van der Waals surface area contributed by atoms with Crippen LogP contribution in [-0.4, -0.2) is 61.4 Å². The first-order chi connectivity index (χ1) is 21.8. The highest BCUT2D eigenvalue weighted by atomic mass is 32.1. The van der Waals surface area contributed by atoms with Gasteiger partial charge in [0, 0.05) is 24.2 Å². The molecule has 0 N–H and O–H groups in total. The summed E-state index contributed by atoms with van der Waals surface area (Å²) >= 11 is 1.57. The number of nitrogens with zero attached hydrogens (tertiary/aromatic N) is 5. The molecule has 0 spiro atoms. The summed E-state index contributed by atoms with van der Waals surface area (Å²) in [5.41, 5.74) is 0.326. The maximum atomic E-state index is 13.1. The Labute approximate surface area is 274 Å². The summed E-state index contributed by atoms with van der Waals surface area (Å²) < 4.78 is 17.3. The molecule has 1 unspecified atom stereocenters. The van der Waals surface area contributed by atoms with Crippen molar-refractivity contribution in [3.05, 3.63) is 81.9 Å². The van der Waals surface area contributed by atoms with Gasteiger partial charge in [-0.05, 0) is 84.8 Å². The van der Waals surface area contributed by atoms with E-state index >= 15 is 0 Å². The highest BCUT2D eigenvalue weighted by Gasteiger charge is 2.43. The second-order valence-electron chi connectivity index (χ2n) is 14.2. The average molecular weight is 646 g/mol. The van der Waals surface area contributed by atoms with Gasteiger partial charge in [-0.25, -0.2) is 14.6 Å². The molecule has 11 heteroatoms. The number of aromatic nitrogens is 3. The summed E-state index contributed by atoms with van der Waals surface area (Å²) in [6, 6.07) is 9.75. The van der Waals surface area contributed by atoms with Crippen molar-refractivity contribution < 1.29 is 23.6 Å². The lowest BCUT2D eigenvalue weighted by atomic mass is 9.77. The molecule has 1 aromatic carbocycles. The second-order valence-corrected chi connectivity index (χ2v) is 15.3. The van der Waals surface area contributed by atoms with Crippen LogP contribution in [0, 0.1) is 0 Å². The molecule has 2 aromatic heterocycles. The molecular formula is C35H43N5O5S. The first-order valence-electron chi connectivity index (χ1n) is 16.1. The van der Waals surface area contributed by atoms with Crippen LogP contribution in [0.2, 0.25) is 0 Å². The Morgan fingerprint density at radius 3 is 2.17 bits per heavy atom. The number of allylic oxidation sites excluding steroid dienone is 4. The van der Waals surface area contributed by atoms with Crippen LogP contribution in [0.15, 0.2) is 59.3 Å². The molecule has 3 aliphatic rings. The zero-order valence-electron chi connectivity index (χ0n) is 27.5. The van der Waals surface area contributed by atoms with E-state index in [1.54, 1.807) is 21.1 Å². The van der Waals surface area contributed by atoms with Crippen LogP contribution in [0.4, 0.5) is 9.59 Å². The summed E-state index contributed by atoms with van der Waals surface area (Å²) in [5.74, 6) is 0.921. The lowest BCUT2D eigenvalue weighted by molar-refractivity contribution is 0.0196. The van der Waals surface area contributed by atoms with Crippen molar-refractivity contribution in [2.24, 2.45) is 0 Å². The Hall–Kier alpha value is -3.99. The van der Waals surface area contributed by atoms with Crippen molar-refractivity contribution in [2.75, 3.05) is 13.1 Å². The largest absolute Gasteiger partial charge is 0.444 e. The number of hydrogen-bond donors (Lipinski definition) is 0. The number of carbonyl (C=O) groups is 2. The van der Waals surface area contributed by atoms with Crippen LogP contribution >= 0.6 is 11.3 Å². The van der Waals surface area contributed by atoms with Gasteiger partial charge in [0.2, 0.25) is 5.89 Å². The van der Waals surface area contributed by atoms with Crippen LogP contribution in [0.3, 0.4) is 0 Å². The number of ether oxygens (including phenoxy) is 2. The number of thiazole rings is 1. The fourth-order valence-electron chi connectivity index (χ4n) is 6.27. The summed E-state index contributed by atoms with van der Waals surface area (Å²) in [7, 11) is 0. The minimum Gasteiger partial charge on any atom is -0.444 e. The Morgan fingerprint density at radius 2 is 1.57 bits per heavy atom. The molecule has 6 rings (SSSR count). The van der Waals surface area contributed by atoms with E-state index in [0.29, 0.717) is 37.6 Å². The maximum Gasteiger partial charge on any atom is 0.410 e. The Kier molecular flexibility index (Phi) is 8.56. The number of benzene rings is 1. The smallest absolute Gasteiger partial charge is 0.410 e. The first-order valence-corrected chi connectivity index (χ1v) is 16.9. The lowest BCUT2D eigenvalue weighted by Gasteiger charge is -2.29. The first kappa shape index (κ1) is 32.0. The highest BCUT2D eigenvalue weighted by molar-refractivity contribution is 7.11. The van der Waals surface area contributed by atoms with Gasteiger partial charge in [0.15, 0.2) is 5.82 Å². The van der Waals surface area contributed by atoms with Gasteiger partial charge < -0.3 is 14.0 Å². The molecule has 3 aromatic rings. The highest BCUT2D eigenvalue weighted by Crippen LogP contribution is 2.46. The van der Waals surface area contributed by atoms with Gasteiger partial charge >= 0.3 is 12.2 Å². The third kappa shape index (κ3) is 6.61. The Morgan fingerprint density at radius 1 is 0.935 bits per heavy atom. The van der Waals surface area contributed by atoms with E-state index in [4.69, 9.17) is 24.0 Å². The third-order valence-electron chi connectivity index (χ3n) is 8.43. The Bertz CT molecular complexity index is 1550. The van der Waals surface area contributed by atoms with Crippen LogP contribution in [-0.2, 0) is 14.9 Å². The molecule has 2 fully saturated rings. The summed E-state index contributed by atoms with van der Waals surface area (Å²) in [6.07, 6.45) is 11.5. The minimum absolute atomic E-state index is 0.157. The number of likely N-dealkylation sites (tertiary alicyclic amines) is 2. The van der Waals surface area contributed by atoms with Gasteiger partial charge in [0.1, 0.15) is 22.3 Å². The zero-order valence-corrected chi connectivity index (χ0v) is 28.3. The maximum absolute atomic E-state index is 13.1. The number of carbonyl (C=O) groups excluding carboxylic acids is 2. The summed E-state index contributed by atoms with van der Waals surface area (Å²) in [6.45, 7) is 12.4. The number of rotatable bonds is 5. The van der Waals surface area contributed by atoms with E-state index in [-0.39, 0.29) is 24.3 Å². The van der Waals surface area contributed by atoms with Crippen LogP contribution in [0.25, 0.3) is 5.57 Å². The van der Waals surface area contributed by atoms with E-state index in [1.165, 1.54) is 0 Å². The molecule has 0 bridgehead atoms. The lowest BCUT2D eigenvalue weighted by Crippen LogP contribution is -2.36. The normalized spacial score (nSPS) is 23.5. The van der Waals surface area contributed by atoms with E-state index in [1.807, 2.05) is 65.9 Å². The molecule has 3 atom stereocenters. The van der Waals surface area contributed by atoms with E-state index < -0.39 is 16.6 Å². The zero-order chi connectivity index (χ0) is 32.7. The molecule has 10 nitrogen and oxygen atoms in total. The standard InChI is InChI=1S/C35H43N5O5S/c1-33(2,3)43-31(41)39-20-10-14-25(39)28-37-30(38-45-28)35(18-16-24(17-19-35)23-12-8-7-9-13-23)27-22-36-29(46-27)26-15-11-21-40(26)32(42)44-34(4,5)6/h7-9,12-13,16-18,22,25-26H,10-11,14-15,19-21H2,1-6H3/t25-,26-,35?/m0/s1. The monoisotopic (exact) mass is 645 g/mol. The quantitative estimate of drug-likeness (QED) is 0.275. The summed E-state index contributed by atoms with van der Waals surface area (Å²) in [5, 5.41) is 5.40. The van der Waals surface area contributed by atoms with Gasteiger partial charge in [0.05, 0.1) is 11.5 Å². The van der Waals surface area contributed by atoms with Crippen LogP contribution < -0.4 is 0 Å². The van der Waals surface area contributed by atoms with Crippen molar-refractivity contribution in [3.8, 4) is 0 Å². The number of amides is 2. The van der Waals surface area contributed by atoms with Crippen LogP contribution in [0.1, 0.15) is 113 Å². The van der Waals surface area contributed by atoms with Crippen molar-refractivity contribution in [1.29, 1.82) is 0 Å². The molecule has 4 heterocycles. The molecule has 2 aliphatic heterocycles. The van der Waals surface area contributed by atoms with Crippen molar-refractivity contribution in [1.82, 2.24) is 24.9 Å². The molecule has 0 radical (unpaired) electrons. The average Bonchev–Trinajstić information content (AvgIpc) is 3.82. The van der Waals surface area contributed by atoms with Crippen LogP contribution in [0.5, 0.6) is 0 Å². The van der Waals surface area contributed by atoms with Gasteiger partial charge in [-0.3, -0.25) is 9.80 Å². The van der Waals surface area contributed by atoms with Crippen molar-refractivity contribution in [2.45, 2.75) is 102 Å². The molecule has 244 valence electrons. The predicted octanol–water partition coefficient (Wildman–Crippen LogP) is 8.00. The van der Waals surface area contributed by atoms with Gasteiger partial charge in [-0.1, -0.05) is 53.7 Å². The number of hydrogen-bond acceptors (Lipinski definition) is 9.